The van der Waals surface area contributed by atoms with E-state index in [0.717, 1.165) is 25.0 Å². The second-order valence-electron chi connectivity index (χ2n) is 10.6. The Hall–Kier alpha value is -3.20. The average molecular weight is 481 g/mol. The molecular formula is C26H29FN4O4. The summed E-state index contributed by atoms with van der Waals surface area (Å²) in [7, 11) is 0. The van der Waals surface area contributed by atoms with Crippen molar-refractivity contribution in [2.45, 2.75) is 75.8 Å². The van der Waals surface area contributed by atoms with Crippen molar-refractivity contribution in [2.75, 3.05) is 11.9 Å². The number of rotatable bonds is 7. The summed E-state index contributed by atoms with van der Waals surface area (Å²) in [6.45, 7) is 6.72. The highest BCUT2D eigenvalue weighted by atomic mass is 19.1. The summed E-state index contributed by atoms with van der Waals surface area (Å²) in [6, 6.07) is 4.48. The summed E-state index contributed by atoms with van der Waals surface area (Å²) >= 11 is 0. The fourth-order valence-corrected chi connectivity index (χ4v) is 5.49. The zero-order valence-electron chi connectivity index (χ0n) is 20.1. The van der Waals surface area contributed by atoms with Gasteiger partial charge in [0.2, 0.25) is 0 Å². The minimum Gasteiger partial charge on any atom is -0.490 e. The van der Waals surface area contributed by atoms with E-state index in [2.05, 4.69) is 12.2 Å². The molecule has 3 aromatic heterocycles. The second-order valence-corrected chi connectivity index (χ2v) is 10.6. The fourth-order valence-electron chi connectivity index (χ4n) is 5.49. The SMILES string of the molecule is CC[C@H](C)Oc1cc2nc(C34COC(C)(C3)C4)cn2cc1C(=O)Nc1cccn(C2CC2F)c1=O. The third kappa shape index (κ3) is 3.64. The number of ether oxygens (including phenoxy) is 2. The molecule has 0 radical (unpaired) electrons. The molecule has 4 aliphatic rings. The number of anilines is 1. The van der Waals surface area contributed by atoms with Gasteiger partial charge in [-0.25, -0.2) is 9.37 Å². The summed E-state index contributed by atoms with van der Waals surface area (Å²) in [4.78, 5) is 31.0. The van der Waals surface area contributed by atoms with Crippen molar-refractivity contribution in [3.8, 4) is 5.75 Å². The first kappa shape index (κ1) is 22.3. The number of hydrogen-bond acceptors (Lipinski definition) is 5. The van der Waals surface area contributed by atoms with Crippen molar-refractivity contribution in [3.63, 3.8) is 0 Å². The largest absolute Gasteiger partial charge is 0.490 e. The van der Waals surface area contributed by atoms with Crippen LogP contribution in [0.2, 0.25) is 0 Å². The van der Waals surface area contributed by atoms with Crippen LogP contribution < -0.4 is 15.6 Å². The van der Waals surface area contributed by atoms with E-state index in [1.807, 2.05) is 24.4 Å². The van der Waals surface area contributed by atoms with Gasteiger partial charge in [0.25, 0.3) is 11.5 Å². The Labute approximate surface area is 202 Å². The van der Waals surface area contributed by atoms with Gasteiger partial charge >= 0.3 is 0 Å². The highest BCUT2D eigenvalue weighted by Crippen LogP contribution is 2.58. The molecule has 1 N–H and O–H groups in total. The Morgan fingerprint density at radius 2 is 2.17 bits per heavy atom. The zero-order valence-corrected chi connectivity index (χ0v) is 20.1. The van der Waals surface area contributed by atoms with Crippen molar-refractivity contribution < 1.29 is 18.7 Å². The number of alkyl halides is 1. The van der Waals surface area contributed by atoms with Crippen LogP contribution in [0.3, 0.4) is 0 Å². The first-order valence-corrected chi connectivity index (χ1v) is 12.2. The molecule has 0 aromatic carbocycles. The van der Waals surface area contributed by atoms with Gasteiger partial charge in [0.1, 0.15) is 23.3 Å². The minimum absolute atomic E-state index is 0.0586. The van der Waals surface area contributed by atoms with E-state index in [1.54, 1.807) is 24.5 Å². The quantitative estimate of drug-likeness (QED) is 0.552. The number of imidazole rings is 1. The third-order valence-corrected chi connectivity index (χ3v) is 7.63. The molecule has 2 bridgehead atoms. The maximum atomic E-state index is 13.5. The van der Waals surface area contributed by atoms with Gasteiger partial charge in [0, 0.05) is 36.5 Å². The van der Waals surface area contributed by atoms with Crippen LogP contribution in [-0.2, 0) is 10.2 Å². The molecule has 35 heavy (non-hydrogen) atoms. The highest BCUT2D eigenvalue weighted by molar-refractivity contribution is 6.06. The molecule has 2 saturated heterocycles. The van der Waals surface area contributed by atoms with Crippen molar-refractivity contribution in [1.29, 1.82) is 0 Å². The van der Waals surface area contributed by atoms with Gasteiger partial charge in [-0.2, -0.15) is 0 Å². The third-order valence-electron chi connectivity index (χ3n) is 7.63. The van der Waals surface area contributed by atoms with Crippen molar-refractivity contribution in [2.24, 2.45) is 0 Å². The molecule has 3 atom stereocenters. The van der Waals surface area contributed by atoms with E-state index in [0.29, 0.717) is 30.0 Å². The molecule has 9 heteroatoms. The van der Waals surface area contributed by atoms with E-state index < -0.39 is 23.7 Å². The Bertz CT molecular complexity index is 1390. The van der Waals surface area contributed by atoms with Gasteiger partial charge in [-0.05, 0) is 45.2 Å². The molecule has 8 nitrogen and oxygen atoms in total. The van der Waals surface area contributed by atoms with Crippen LogP contribution in [-0.4, -0.2) is 44.3 Å². The number of halogens is 1. The van der Waals surface area contributed by atoms with Crippen LogP contribution in [0.4, 0.5) is 10.1 Å². The monoisotopic (exact) mass is 480 g/mol. The number of aromatic nitrogens is 3. The molecule has 4 fully saturated rings. The fraction of sp³-hybridized carbons (Fsp3) is 0.500. The van der Waals surface area contributed by atoms with Gasteiger partial charge in [-0.15, -0.1) is 0 Å². The maximum absolute atomic E-state index is 13.5. The number of fused-ring (bicyclic) bond motifs is 2. The molecule has 2 unspecified atom stereocenters. The lowest BCUT2D eigenvalue weighted by molar-refractivity contribution is 0.0154. The van der Waals surface area contributed by atoms with Crippen LogP contribution >= 0.6 is 0 Å². The van der Waals surface area contributed by atoms with Crippen LogP contribution in [0.1, 0.15) is 68.5 Å². The molecule has 3 aromatic rings. The van der Waals surface area contributed by atoms with Gasteiger partial charge < -0.3 is 23.8 Å². The van der Waals surface area contributed by atoms with E-state index in [4.69, 9.17) is 14.5 Å². The van der Waals surface area contributed by atoms with E-state index in [-0.39, 0.29) is 22.8 Å². The predicted octanol–water partition coefficient (Wildman–Crippen LogP) is 4.03. The maximum Gasteiger partial charge on any atom is 0.274 e. The van der Waals surface area contributed by atoms with E-state index >= 15 is 0 Å². The normalized spacial score (nSPS) is 29.6. The van der Waals surface area contributed by atoms with Crippen molar-refractivity contribution in [3.05, 3.63) is 58.4 Å². The van der Waals surface area contributed by atoms with Crippen LogP contribution in [0.25, 0.3) is 5.65 Å². The summed E-state index contributed by atoms with van der Waals surface area (Å²) in [5.41, 5.74) is 1.49. The molecule has 7 rings (SSSR count). The van der Waals surface area contributed by atoms with Gasteiger partial charge in [0.15, 0.2) is 0 Å². The van der Waals surface area contributed by atoms with Crippen LogP contribution in [0, 0.1) is 0 Å². The molecule has 2 saturated carbocycles. The van der Waals surface area contributed by atoms with Gasteiger partial charge in [0.05, 0.1) is 35.6 Å². The number of nitrogens with one attached hydrogen (secondary N) is 1. The number of nitrogens with zero attached hydrogens (tertiary/aromatic N) is 3. The van der Waals surface area contributed by atoms with Crippen molar-refractivity contribution >= 4 is 17.2 Å². The number of hydrogen-bond donors (Lipinski definition) is 1. The van der Waals surface area contributed by atoms with E-state index in [1.165, 1.54) is 10.6 Å². The highest BCUT2D eigenvalue weighted by Gasteiger charge is 2.61. The summed E-state index contributed by atoms with van der Waals surface area (Å²) in [5, 5.41) is 2.71. The van der Waals surface area contributed by atoms with Gasteiger partial charge in [-0.1, -0.05) is 6.92 Å². The summed E-state index contributed by atoms with van der Waals surface area (Å²) < 4.78 is 28.8. The molecule has 184 valence electrons. The van der Waals surface area contributed by atoms with Crippen molar-refractivity contribution in [1.82, 2.24) is 14.0 Å². The molecule has 0 spiro atoms. The number of carbonyl (C=O) groups is 1. The smallest absolute Gasteiger partial charge is 0.274 e. The molecule has 2 aliphatic carbocycles. The summed E-state index contributed by atoms with van der Waals surface area (Å²) in [5.74, 6) is -0.0659. The first-order chi connectivity index (χ1) is 16.7. The minimum atomic E-state index is -1.02. The predicted molar refractivity (Wildman–Crippen MR) is 128 cm³/mol. The lowest BCUT2D eigenvalue weighted by Crippen LogP contribution is -2.45. The number of amides is 1. The first-order valence-electron chi connectivity index (χ1n) is 12.2. The van der Waals surface area contributed by atoms with E-state index in [9.17, 15) is 14.0 Å². The van der Waals surface area contributed by atoms with Crippen LogP contribution in [0.15, 0.2) is 41.6 Å². The standard InChI is InChI=1S/C26H29FN4O4/c1-4-15(2)35-20-9-22-29-21(26-12-25(3,13-26)34-14-26)11-30(22)10-16(20)23(32)28-18-6-5-7-31(24(18)33)19-8-17(19)27/h5-7,9-11,15,17,19H,4,8,12-14H2,1-3H3,(H,28,32)/t15-,17?,19?,25?,26?/m0/s1. The van der Waals surface area contributed by atoms with Crippen LogP contribution in [0.5, 0.6) is 5.75 Å². The Kier molecular flexibility index (Phi) is 4.87. The zero-order chi connectivity index (χ0) is 24.5. The Morgan fingerprint density at radius 3 is 2.83 bits per heavy atom. The van der Waals surface area contributed by atoms with Gasteiger partial charge in [-0.3, -0.25) is 9.59 Å². The molecular weight excluding hydrogens is 451 g/mol. The number of carbonyl (C=O) groups excluding carboxylic acids is 1. The average Bonchev–Trinajstić information content (AvgIpc) is 3.11. The lowest BCUT2D eigenvalue weighted by atomic mass is 9.62. The summed E-state index contributed by atoms with van der Waals surface area (Å²) in [6.07, 6.45) is 7.03. The Morgan fingerprint density at radius 1 is 1.40 bits per heavy atom. The lowest BCUT2D eigenvalue weighted by Gasteiger charge is -2.41. The second kappa shape index (κ2) is 7.65. The topological polar surface area (TPSA) is 86.9 Å². The molecule has 5 heterocycles. The molecule has 1 amide bonds. The Balaban J connectivity index is 1.35. The molecule has 2 aliphatic heterocycles. The number of pyridine rings is 2.